The maximum absolute atomic E-state index is 15.0. The smallest absolute Gasteiger partial charge is 0.425 e. The van der Waals surface area contributed by atoms with Gasteiger partial charge in [0.2, 0.25) is 0 Å². The molecule has 0 aliphatic heterocycles. The summed E-state index contributed by atoms with van der Waals surface area (Å²) in [5.41, 5.74) is 1.41. The van der Waals surface area contributed by atoms with Crippen molar-refractivity contribution in [3.63, 3.8) is 0 Å². The van der Waals surface area contributed by atoms with Crippen molar-refractivity contribution in [2.75, 3.05) is 0 Å². The normalized spacial score (nSPS) is 12.1. The van der Waals surface area contributed by atoms with Crippen molar-refractivity contribution in [1.29, 1.82) is 0 Å². The maximum Gasteiger partial charge on any atom is 0.425 e. The largest absolute Gasteiger partial charge is 0.449 e. The fourth-order valence-electron chi connectivity index (χ4n) is 5.31. The zero-order chi connectivity index (χ0) is 34.2. The summed E-state index contributed by atoms with van der Waals surface area (Å²) in [5, 5.41) is 0. The Morgan fingerprint density at radius 2 is 1.17 bits per heavy atom. The van der Waals surface area contributed by atoms with Gasteiger partial charge >= 0.3 is 18.1 Å². The number of hydrogen-bond donors (Lipinski definition) is 0. The fraction of sp³-hybridized carbons (Fsp3) is 0.474. The molecule has 256 valence electrons. The molecule has 47 heavy (non-hydrogen) atoms. The molecule has 3 aromatic rings. The number of rotatable bonds is 19. The summed E-state index contributed by atoms with van der Waals surface area (Å²) in [5.74, 6) is -5.03. The van der Waals surface area contributed by atoms with Gasteiger partial charge in [0, 0.05) is 6.07 Å². The van der Waals surface area contributed by atoms with Gasteiger partial charge < -0.3 is 9.47 Å². The van der Waals surface area contributed by atoms with Crippen molar-refractivity contribution in [3.8, 4) is 16.9 Å². The number of hydrogen-bond acceptors (Lipinski definition) is 4. The summed E-state index contributed by atoms with van der Waals surface area (Å²) < 4.78 is 79.2. The molecule has 4 nitrogen and oxygen atoms in total. The molecule has 0 aliphatic carbocycles. The molecule has 0 N–H and O–H groups in total. The summed E-state index contributed by atoms with van der Waals surface area (Å²) in [7, 11) is 0. The molecule has 0 amide bonds. The van der Waals surface area contributed by atoms with Gasteiger partial charge in [-0.1, -0.05) is 108 Å². The quantitative estimate of drug-likeness (QED) is 0.0556. The highest BCUT2D eigenvalue weighted by atomic mass is 19.4. The van der Waals surface area contributed by atoms with Crippen LogP contribution in [0.4, 0.5) is 22.0 Å². The van der Waals surface area contributed by atoms with E-state index >= 15 is 0 Å². The summed E-state index contributed by atoms with van der Waals surface area (Å²) in [6, 6.07) is 14.5. The number of esters is 2. The molecule has 3 rings (SSSR count). The van der Waals surface area contributed by atoms with Gasteiger partial charge in [-0.25, -0.2) is 18.4 Å². The first-order chi connectivity index (χ1) is 22.5. The van der Waals surface area contributed by atoms with Gasteiger partial charge in [0.15, 0.2) is 6.10 Å². The second kappa shape index (κ2) is 19.2. The molecular weight excluding hydrogens is 615 g/mol. The van der Waals surface area contributed by atoms with E-state index in [0.717, 1.165) is 30.5 Å². The minimum atomic E-state index is -4.80. The van der Waals surface area contributed by atoms with Gasteiger partial charge in [0.05, 0.1) is 11.1 Å². The molecule has 0 heterocycles. The Kier molecular flexibility index (Phi) is 15.4. The minimum Gasteiger partial charge on any atom is -0.449 e. The van der Waals surface area contributed by atoms with Crippen LogP contribution in [0.1, 0.15) is 124 Å². The third-order valence-corrected chi connectivity index (χ3v) is 8.10. The van der Waals surface area contributed by atoms with Gasteiger partial charge in [-0.15, -0.1) is 0 Å². The summed E-state index contributed by atoms with van der Waals surface area (Å²) in [6.07, 6.45) is 6.15. The van der Waals surface area contributed by atoms with Crippen molar-refractivity contribution in [2.45, 2.75) is 116 Å². The Bertz CT molecular complexity index is 1420. The third kappa shape index (κ3) is 12.4. The highest BCUT2D eigenvalue weighted by Crippen LogP contribution is 2.29. The van der Waals surface area contributed by atoms with E-state index in [0.29, 0.717) is 24.5 Å². The van der Waals surface area contributed by atoms with Crippen molar-refractivity contribution in [2.24, 2.45) is 0 Å². The highest BCUT2D eigenvalue weighted by molar-refractivity contribution is 5.93. The van der Waals surface area contributed by atoms with Gasteiger partial charge in [-0.3, -0.25) is 0 Å². The second-order valence-corrected chi connectivity index (χ2v) is 11.9. The van der Waals surface area contributed by atoms with E-state index in [1.54, 1.807) is 6.07 Å². The second-order valence-electron chi connectivity index (χ2n) is 11.9. The lowest BCUT2D eigenvalue weighted by Crippen LogP contribution is -2.34. The first-order valence-corrected chi connectivity index (χ1v) is 16.7. The standard InChI is InChI=1S/C38H45F5O4/c1-3-5-7-8-9-10-11-12-14-15-27-17-19-28(20-18-27)29-21-23-31(33(39)25-29)36(44)46-30-22-24-32(34(40)26-30)37(45)47-35(38(41,42)43)16-13-6-4-2/h17-26,35H,3-16H2,1-2H3/t35-/m1/s1. The number of ether oxygens (including phenoxy) is 2. The number of carbonyl (C=O) groups is 2. The SMILES string of the molecule is CCCCCCCCCCCc1ccc(-c2ccc(C(=O)Oc3ccc(C(=O)O[C@H](CCCCC)C(F)(F)F)c(F)c3)c(F)c2)cc1. The van der Waals surface area contributed by atoms with E-state index in [2.05, 4.69) is 11.7 Å². The molecule has 0 saturated carbocycles. The minimum absolute atomic E-state index is 0.189. The van der Waals surface area contributed by atoms with Crippen LogP contribution in [0.25, 0.3) is 11.1 Å². The zero-order valence-electron chi connectivity index (χ0n) is 27.3. The first kappa shape index (κ1) is 37.7. The Morgan fingerprint density at radius 3 is 1.77 bits per heavy atom. The Balaban J connectivity index is 1.54. The third-order valence-electron chi connectivity index (χ3n) is 8.10. The average Bonchev–Trinajstić information content (AvgIpc) is 3.03. The van der Waals surface area contributed by atoms with Crippen LogP contribution < -0.4 is 4.74 Å². The predicted octanol–water partition coefficient (Wildman–Crippen LogP) is 11.6. The molecule has 3 aromatic carbocycles. The Hall–Kier alpha value is -3.75. The van der Waals surface area contributed by atoms with Crippen LogP contribution in [0.15, 0.2) is 60.7 Å². The van der Waals surface area contributed by atoms with E-state index < -0.39 is 47.8 Å². The van der Waals surface area contributed by atoms with Gasteiger partial charge in [0.1, 0.15) is 17.4 Å². The molecular formula is C38H45F5O4. The molecule has 0 aliphatic rings. The zero-order valence-corrected chi connectivity index (χ0v) is 27.3. The molecule has 9 heteroatoms. The summed E-state index contributed by atoms with van der Waals surface area (Å²) >= 11 is 0. The van der Waals surface area contributed by atoms with Crippen molar-refractivity contribution < 1.29 is 41.0 Å². The Morgan fingerprint density at radius 1 is 0.638 bits per heavy atom. The molecule has 0 fully saturated rings. The monoisotopic (exact) mass is 660 g/mol. The lowest BCUT2D eigenvalue weighted by atomic mass is 9.99. The number of benzene rings is 3. The van der Waals surface area contributed by atoms with Gasteiger partial charge in [0.25, 0.3) is 0 Å². The highest BCUT2D eigenvalue weighted by Gasteiger charge is 2.42. The van der Waals surface area contributed by atoms with Crippen molar-refractivity contribution in [3.05, 3.63) is 89.0 Å². The molecule has 0 spiro atoms. The van der Waals surface area contributed by atoms with E-state index in [1.807, 2.05) is 31.2 Å². The van der Waals surface area contributed by atoms with E-state index in [-0.39, 0.29) is 17.7 Å². The van der Waals surface area contributed by atoms with E-state index in [4.69, 9.17) is 4.74 Å². The van der Waals surface area contributed by atoms with Gasteiger partial charge in [-0.05, 0) is 66.6 Å². The van der Waals surface area contributed by atoms with Crippen molar-refractivity contribution >= 4 is 11.9 Å². The molecule has 1 atom stereocenters. The van der Waals surface area contributed by atoms with Gasteiger partial charge in [-0.2, -0.15) is 13.2 Å². The molecule has 0 unspecified atom stereocenters. The average molecular weight is 661 g/mol. The fourth-order valence-corrected chi connectivity index (χ4v) is 5.31. The molecule has 0 saturated heterocycles. The molecule has 0 aromatic heterocycles. The maximum atomic E-state index is 15.0. The van der Waals surface area contributed by atoms with Crippen LogP contribution >= 0.6 is 0 Å². The number of aryl methyl sites for hydroxylation is 1. The van der Waals surface area contributed by atoms with E-state index in [1.165, 1.54) is 69.1 Å². The number of carbonyl (C=O) groups excluding carboxylic acids is 2. The molecule has 0 radical (unpaired) electrons. The van der Waals surface area contributed by atoms with Crippen molar-refractivity contribution in [1.82, 2.24) is 0 Å². The lowest BCUT2D eigenvalue weighted by molar-refractivity contribution is -0.206. The topological polar surface area (TPSA) is 52.6 Å². The van der Waals surface area contributed by atoms with Crippen LogP contribution in [0.2, 0.25) is 0 Å². The van der Waals surface area contributed by atoms with Crippen LogP contribution in [0.5, 0.6) is 5.75 Å². The number of halogens is 5. The number of alkyl halides is 3. The number of unbranched alkanes of at least 4 members (excludes halogenated alkanes) is 10. The predicted molar refractivity (Wildman–Crippen MR) is 174 cm³/mol. The lowest BCUT2D eigenvalue weighted by Gasteiger charge is -2.20. The van der Waals surface area contributed by atoms with Crippen LogP contribution in [0.3, 0.4) is 0 Å². The van der Waals surface area contributed by atoms with Crippen LogP contribution in [0, 0.1) is 11.6 Å². The summed E-state index contributed by atoms with van der Waals surface area (Å²) in [4.78, 5) is 25.0. The van der Waals surface area contributed by atoms with Crippen LogP contribution in [-0.4, -0.2) is 24.2 Å². The summed E-state index contributed by atoms with van der Waals surface area (Å²) in [6.45, 7) is 4.04. The first-order valence-electron chi connectivity index (χ1n) is 16.7. The van der Waals surface area contributed by atoms with Crippen LogP contribution in [-0.2, 0) is 11.2 Å². The van der Waals surface area contributed by atoms with E-state index in [9.17, 15) is 31.5 Å². The molecule has 0 bridgehead atoms. The Labute approximate surface area is 274 Å².